The van der Waals surface area contributed by atoms with Gasteiger partial charge in [0.1, 0.15) is 0 Å². The van der Waals surface area contributed by atoms with E-state index in [2.05, 4.69) is 15.5 Å². The van der Waals surface area contributed by atoms with Gasteiger partial charge in [-0.05, 0) is 19.3 Å². The van der Waals surface area contributed by atoms with E-state index in [4.69, 9.17) is 4.52 Å². The van der Waals surface area contributed by atoms with E-state index < -0.39 is 0 Å². The lowest BCUT2D eigenvalue weighted by molar-refractivity contribution is 0.191. The van der Waals surface area contributed by atoms with E-state index in [9.17, 15) is 5.11 Å². The van der Waals surface area contributed by atoms with Crippen molar-refractivity contribution < 1.29 is 9.63 Å². The van der Waals surface area contributed by atoms with Crippen LogP contribution in [0.2, 0.25) is 0 Å². The van der Waals surface area contributed by atoms with Gasteiger partial charge in [0.25, 0.3) is 0 Å². The van der Waals surface area contributed by atoms with Gasteiger partial charge in [0, 0.05) is 11.8 Å². The van der Waals surface area contributed by atoms with Crippen molar-refractivity contribution in [1.29, 1.82) is 0 Å². The molecule has 0 bridgehead atoms. The van der Waals surface area contributed by atoms with Crippen LogP contribution in [0.25, 0.3) is 0 Å². The van der Waals surface area contributed by atoms with Crippen LogP contribution in [0.5, 0.6) is 0 Å². The van der Waals surface area contributed by atoms with Gasteiger partial charge >= 0.3 is 0 Å². The lowest BCUT2D eigenvalue weighted by atomic mass is 10.2. The number of aliphatic hydroxyl groups excluding tert-OH is 1. The molecule has 0 amide bonds. The summed E-state index contributed by atoms with van der Waals surface area (Å²) in [6.45, 7) is 0.610. The molecule has 0 aromatic carbocycles. The lowest BCUT2D eigenvalue weighted by Gasteiger charge is -2.05. The SMILES string of the molecule is OC1CNC(c2nc(CSC3CCCC3)no2)C1. The molecule has 0 spiro atoms. The Hall–Kier alpha value is -0.590. The Bertz CT molecular complexity index is 392. The third kappa shape index (κ3) is 2.87. The topological polar surface area (TPSA) is 71.2 Å². The molecule has 2 fully saturated rings. The molecule has 5 nitrogen and oxygen atoms in total. The zero-order chi connectivity index (χ0) is 12.4. The van der Waals surface area contributed by atoms with Crippen LogP contribution in [0, 0.1) is 0 Å². The van der Waals surface area contributed by atoms with Crippen LogP contribution in [0.15, 0.2) is 4.52 Å². The van der Waals surface area contributed by atoms with E-state index in [1.54, 1.807) is 0 Å². The van der Waals surface area contributed by atoms with Crippen molar-refractivity contribution >= 4 is 11.8 Å². The van der Waals surface area contributed by atoms with E-state index in [-0.39, 0.29) is 12.1 Å². The highest BCUT2D eigenvalue weighted by atomic mass is 32.2. The highest BCUT2D eigenvalue weighted by molar-refractivity contribution is 7.99. The van der Waals surface area contributed by atoms with Crippen LogP contribution in [0.3, 0.4) is 0 Å². The molecule has 2 N–H and O–H groups in total. The van der Waals surface area contributed by atoms with E-state index >= 15 is 0 Å². The Morgan fingerprint density at radius 2 is 2.22 bits per heavy atom. The standard InChI is InChI=1S/C12H19N3O2S/c16-8-5-10(13-6-8)12-14-11(15-17-12)7-18-9-3-1-2-4-9/h8-10,13,16H,1-7H2. The highest BCUT2D eigenvalue weighted by Gasteiger charge is 2.28. The first-order valence-corrected chi connectivity index (χ1v) is 7.71. The molecule has 2 unspecified atom stereocenters. The molecule has 18 heavy (non-hydrogen) atoms. The second-order valence-corrected chi connectivity index (χ2v) is 6.41. The number of rotatable bonds is 4. The summed E-state index contributed by atoms with van der Waals surface area (Å²) in [6.07, 6.45) is 5.74. The number of nitrogens with zero attached hydrogens (tertiary/aromatic N) is 2. The largest absolute Gasteiger partial charge is 0.392 e. The summed E-state index contributed by atoms with van der Waals surface area (Å²) < 4.78 is 5.26. The quantitative estimate of drug-likeness (QED) is 0.866. The maximum absolute atomic E-state index is 9.46. The van der Waals surface area contributed by atoms with E-state index in [0.717, 1.165) is 16.8 Å². The summed E-state index contributed by atoms with van der Waals surface area (Å²) in [4.78, 5) is 4.42. The van der Waals surface area contributed by atoms with Crippen molar-refractivity contribution in [2.24, 2.45) is 0 Å². The van der Waals surface area contributed by atoms with Crippen LogP contribution >= 0.6 is 11.8 Å². The molecule has 6 heteroatoms. The smallest absolute Gasteiger partial charge is 0.243 e. The van der Waals surface area contributed by atoms with Crippen LogP contribution in [0.1, 0.15) is 49.9 Å². The number of hydrogen-bond acceptors (Lipinski definition) is 6. The van der Waals surface area contributed by atoms with E-state index in [1.807, 2.05) is 11.8 Å². The van der Waals surface area contributed by atoms with Crippen molar-refractivity contribution in [3.05, 3.63) is 11.7 Å². The lowest BCUT2D eigenvalue weighted by Crippen LogP contribution is -2.15. The van der Waals surface area contributed by atoms with Gasteiger partial charge in [0.2, 0.25) is 5.89 Å². The van der Waals surface area contributed by atoms with Crippen LogP contribution in [-0.2, 0) is 5.75 Å². The van der Waals surface area contributed by atoms with Crippen LogP contribution in [0.4, 0.5) is 0 Å². The average molecular weight is 269 g/mol. The maximum atomic E-state index is 9.46. The van der Waals surface area contributed by atoms with Gasteiger partial charge in [0.15, 0.2) is 5.82 Å². The molecule has 3 rings (SSSR count). The van der Waals surface area contributed by atoms with Gasteiger partial charge in [0.05, 0.1) is 17.9 Å². The molecule has 2 atom stereocenters. The van der Waals surface area contributed by atoms with E-state index in [0.29, 0.717) is 18.9 Å². The van der Waals surface area contributed by atoms with Crippen molar-refractivity contribution in [2.75, 3.05) is 6.54 Å². The highest BCUT2D eigenvalue weighted by Crippen LogP contribution is 2.31. The Balaban J connectivity index is 1.52. The third-order valence-electron chi connectivity index (χ3n) is 3.64. The number of nitrogens with one attached hydrogen (secondary N) is 1. The van der Waals surface area contributed by atoms with Crippen molar-refractivity contribution in [1.82, 2.24) is 15.5 Å². The molecule has 1 aromatic rings. The van der Waals surface area contributed by atoms with Gasteiger partial charge in [-0.1, -0.05) is 18.0 Å². The third-order valence-corrected chi connectivity index (χ3v) is 5.01. The Morgan fingerprint density at radius 1 is 1.39 bits per heavy atom. The Labute approximate surface area is 111 Å². The van der Waals surface area contributed by atoms with Crippen LogP contribution < -0.4 is 5.32 Å². The molecular formula is C12H19N3O2S. The molecule has 1 aliphatic carbocycles. The predicted octanol–water partition coefficient (Wildman–Crippen LogP) is 1.64. The number of aliphatic hydroxyl groups is 1. The monoisotopic (exact) mass is 269 g/mol. The zero-order valence-corrected chi connectivity index (χ0v) is 11.2. The summed E-state index contributed by atoms with van der Waals surface area (Å²) in [5, 5.41) is 17.4. The first kappa shape index (κ1) is 12.4. The van der Waals surface area contributed by atoms with E-state index in [1.165, 1.54) is 25.7 Å². The Morgan fingerprint density at radius 3 is 2.94 bits per heavy atom. The summed E-state index contributed by atoms with van der Waals surface area (Å²) in [6, 6.07) is 0.0257. The minimum atomic E-state index is -0.293. The molecule has 2 heterocycles. The second-order valence-electron chi connectivity index (χ2n) is 5.12. The van der Waals surface area contributed by atoms with Gasteiger partial charge in [-0.15, -0.1) is 0 Å². The van der Waals surface area contributed by atoms with Crippen molar-refractivity contribution in [2.45, 2.75) is 55.3 Å². The molecule has 0 radical (unpaired) electrons. The Kier molecular flexibility index (Phi) is 3.86. The second kappa shape index (κ2) is 5.59. The minimum absolute atomic E-state index is 0.0257. The molecule has 1 saturated heterocycles. The fraction of sp³-hybridized carbons (Fsp3) is 0.833. The fourth-order valence-corrected chi connectivity index (χ4v) is 3.79. The number of hydrogen-bond donors (Lipinski definition) is 2. The van der Waals surface area contributed by atoms with Crippen molar-refractivity contribution in [3.63, 3.8) is 0 Å². The van der Waals surface area contributed by atoms with Gasteiger partial charge in [-0.25, -0.2) is 0 Å². The van der Waals surface area contributed by atoms with Gasteiger partial charge in [-0.3, -0.25) is 0 Å². The minimum Gasteiger partial charge on any atom is -0.392 e. The fourth-order valence-electron chi connectivity index (χ4n) is 2.62. The van der Waals surface area contributed by atoms with Crippen LogP contribution in [-0.4, -0.2) is 33.1 Å². The molecule has 1 aromatic heterocycles. The summed E-state index contributed by atoms with van der Waals surface area (Å²) in [7, 11) is 0. The summed E-state index contributed by atoms with van der Waals surface area (Å²) in [5.41, 5.74) is 0. The normalized spacial score (nSPS) is 29.2. The van der Waals surface area contributed by atoms with Gasteiger partial charge < -0.3 is 14.9 Å². The van der Waals surface area contributed by atoms with Crippen molar-refractivity contribution in [3.8, 4) is 0 Å². The maximum Gasteiger partial charge on any atom is 0.243 e. The molecular weight excluding hydrogens is 250 g/mol. The first-order valence-electron chi connectivity index (χ1n) is 6.67. The molecule has 1 aliphatic heterocycles. The summed E-state index contributed by atoms with van der Waals surface area (Å²) >= 11 is 1.94. The number of aromatic nitrogens is 2. The number of β-amino-alcohol motifs (C(OH)–C–C–N with tert-alkyl or cyclic N) is 1. The zero-order valence-electron chi connectivity index (χ0n) is 10.3. The average Bonchev–Trinajstić information content (AvgIpc) is 3.07. The van der Waals surface area contributed by atoms with Gasteiger partial charge in [-0.2, -0.15) is 16.7 Å². The molecule has 1 saturated carbocycles. The number of thioether (sulfide) groups is 1. The predicted molar refractivity (Wildman–Crippen MR) is 69.2 cm³/mol. The molecule has 100 valence electrons. The molecule has 2 aliphatic rings. The first-order chi connectivity index (χ1) is 8.81. The summed E-state index contributed by atoms with van der Waals surface area (Å²) in [5.74, 6) is 2.24.